The monoisotopic (exact) mass is 338 g/mol. The number of fused-ring (bicyclic) bond motifs is 3. The minimum absolute atomic E-state index is 0.208. The summed E-state index contributed by atoms with van der Waals surface area (Å²) in [6.45, 7) is 3.82. The highest BCUT2D eigenvalue weighted by molar-refractivity contribution is 5.90. The van der Waals surface area contributed by atoms with Crippen LogP contribution in [0.2, 0.25) is 0 Å². The first-order valence-electron chi connectivity index (χ1n) is 8.47. The second-order valence-corrected chi connectivity index (χ2v) is 6.76. The first kappa shape index (κ1) is 16.0. The van der Waals surface area contributed by atoms with Crippen LogP contribution in [0.15, 0.2) is 42.5 Å². The molecule has 0 fully saturated rings. The SMILES string of the molecule is CC(=Cn1c2c(c3cc(F)ccc31)CN(C)CC2)c1ccc(F)cc1. The summed E-state index contributed by atoms with van der Waals surface area (Å²) in [6.07, 6.45) is 3.01. The lowest BCUT2D eigenvalue weighted by molar-refractivity contribution is 0.312. The van der Waals surface area contributed by atoms with Crippen LogP contribution < -0.4 is 0 Å². The molecule has 4 rings (SSSR count). The molecular weight excluding hydrogens is 318 g/mol. The van der Waals surface area contributed by atoms with Crippen molar-refractivity contribution in [1.29, 1.82) is 0 Å². The zero-order chi connectivity index (χ0) is 17.6. The van der Waals surface area contributed by atoms with Crippen LogP contribution in [0.3, 0.4) is 0 Å². The number of halogens is 2. The second-order valence-electron chi connectivity index (χ2n) is 6.76. The van der Waals surface area contributed by atoms with Gasteiger partial charge in [-0.05, 0) is 61.0 Å². The number of hydrogen-bond donors (Lipinski definition) is 0. The summed E-state index contributed by atoms with van der Waals surface area (Å²) < 4.78 is 29.2. The van der Waals surface area contributed by atoms with Gasteiger partial charge in [0.05, 0.1) is 5.52 Å². The van der Waals surface area contributed by atoms with Crippen molar-refractivity contribution in [3.05, 3.63) is 70.9 Å². The molecule has 1 aromatic heterocycles. The first-order valence-corrected chi connectivity index (χ1v) is 8.47. The van der Waals surface area contributed by atoms with Crippen molar-refractivity contribution in [3.8, 4) is 0 Å². The number of benzene rings is 2. The maximum atomic E-state index is 13.8. The molecule has 0 atom stereocenters. The molecule has 0 spiro atoms. The number of rotatable bonds is 2. The predicted octanol–water partition coefficient (Wildman–Crippen LogP) is 4.93. The Hall–Kier alpha value is -2.46. The average Bonchev–Trinajstić information content (AvgIpc) is 2.88. The van der Waals surface area contributed by atoms with Crippen molar-refractivity contribution in [2.75, 3.05) is 13.6 Å². The van der Waals surface area contributed by atoms with E-state index in [2.05, 4.69) is 22.7 Å². The van der Waals surface area contributed by atoms with Crippen LogP contribution in [0.25, 0.3) is 22.7 Å². The Bertz CT molecular complexity index is 968. The lowest BCUT2D eigenvalue weighted by Crippen LogP contribution is -2.26. The molecule has 3 aromatic rings. The molecule has 1 aliphatic rings. The Kier molecular flexibility index (Phi) is 3.92. The van der Waals surface area contributed by atoms with Crippen LogP contribution in [-0.2, 0) is 13.0 Å². The third-order valence-electron chi connectivity index (χ3n) is 4.96. The molecule has 0 saturated heterocycles. The van der Waals surface area contributed by atoms with Gasteiger partial charge in [0.25, 0.3) is 0 Å². The fourth-order valence-electron chi connectivity index (χ4n) is 3.63. The maximum absolute atomic E-state index is 13.8. The van der Waals surface area contributed by atoms with Gasteiger partial charge in [0, 0.05) is 36.8 Å². The smallest absolute Gasteiger partial charge is 0.123 e. The van der Waals surface area contributed by atoms with Crippen LogP contribution in [0, 0.1) is 11.6 Å². The molecule has 2 aromatic carbocycles. The van der Waals surface area contributed by atoms with E-state index in [1.54, 1.807) is 18.2 Å². The predicted molar refractivity (Wildman–Crippen MR) is 98.2 cm³/mol. The van der Waals surface area contributed by atoms with Crippen LogP contribution in [0.4, 0.5) is 8.78 Å². The molecule has 2 nitrogen and oxygen atoms in total. The highest BCUT2D eigenvalue weighted by Gasteiger charge is 2.22. The van der Waals surface area contributed by atoms with Crippen molar-refractivity contribution in [1.82, 2.24) is 9.47 Å². The molecular formula is C21H20F2N2. The summed E-state index contributed by atoms with van der Waals surface area (Å²) in [6, 6.07) is 11.5. The fourth-order valence-corrected chi connectivity index (χ4v) is 3.63. The molecule has 0 radical (unpaired) electrons. The van der Waals surface area contributed by atoms with E-state index in [4.69, 9.17) is 0 Å². The summed E-state index contributed by atoms with van der Waals surface area (Å²) in [5.41, 5.74) is 5.48. The van der Waals surface area contributed by atoms with E-state index >= 15 is 0 Å². The van der Waals surface area contributed by atoms with Crippen LogP contribution in [0.5, 0.6) is 0 Å². The normalized spacial score (nSPS) is 15.6. The number of allylic oxidation sites excluding steroid dienone is 1. The quantitative estimate of drug-likeness (QED) is 0.643. The van der Waals surface area contributed by atoms with Gasteiger partial charge in [-0.3, -0.25) is 0 Å². The number of hydrogen-bond acceptors (Lipinski definition) is 1. The van der Waals surface area contributed by atoms with E-state index in [-0.39, 0.29) is 11.6 Å². The average molecular weight is 338 g/mol. The Morgan fingerprint density at radius 1 is 1.04 bits per heavy atom. The molecule has 0 unspecified atom stereocenters. The topological polar surface area (TPSA) is 8.17 Å². The molecule has 4 heteroatoms. The molecule has 25 heavy (non-hydrogen) atoms. The first-order chi connectivity index (χ1) is 12.0. The molecule has 1 aliphatic heterocycles. The molecule has 0 aliphatic carbocycles. The highest BCUT2D eigenvalue weighted by Crippen LogP contribution is 2.32. The van der Waals surface area contributed by atoms with Gasteiger partial charge in [-0.1, -0.05) is 12.1 Å². The van der Waals surface area contributed by atoms with Crippen molar-refractivity contribution >= 4 is 22.7 Å². The standard InChI is InChI=1S/C21H20F2N2/c1-14(15-3-5-16(22)6-4-15)12-25-20-8-7-17(23)11-18(20)19-13-24(2)10-9-21(19)25/h3-8,11-12H,9-10,13H2,1-2H3. The van der Waals surface area contributed by atoms with Crippen LogP contribution in [0.1, 0.15) is 23.7 Å². The molecule has 128 valence electrons. The van der Waals surface area contributed by atoms with Gasteiger partial charge in [0.2, 0.25) is 0 Å². The van der Waals surface area contributed by atoms with Gasteiger partial charge in [-0.15, -0.1) is 0 Å². The third-order valence-corrected chi connectivity index (χ3v) is 4.96. The van der Waals surface area contributed by atoms with Gasteiger partial charge >= 0.3 is 0 Å². The van der Waals surface area contributed by atoms with E-state index in [9.17, 15) is 8.78 Å². The van der Waals surface area contributed by atoms with Gasteiger partial charge < -0.3 is 9.47 Å². The summed E-state index contributed by atoms with van der Waals surface area (Å²) in [4.78, 5) is 2.26. The van der Waals surface area contributed by atoms with Crippen molar-refractivity contribution < 1.29 is 8.78 Å². The van der Waals surface area contributed by atoms with Gasteiger partial charge in [-0.25, -0.2) is 8.78 Å². The van der Waals surface area contributed by atoms with Crippen molar-refractivity contribution in [2.45, 2.75) is 19.9 Å². The van der Waals surface area contributed by atoms with Crippen molar-refractivity contribution in [2.24, 2.45) is 0 Å². The third kappa shape index (κ3) is 2.87. The molecule has 0 N–H and O–H groups in total. The van der Waals surface area contributed by atoms with E-state index < -0.39 is 0 Å². The highest BCUT2D eigenvalue weighted by atomic mass is 19.1. The summed E-state index contributed by atoms with van der Waals surface area (Å²) in [5.74, 6) is -0.446. The number of likely N-dealkylation sites (N-methyl/N-ethyl adjacent to an activating group) is 1. The van der Waals surface area contributed by atoms with Gasteiger partial charge in [0.15, 0.2) is 0 Å². The second kappa shape index (κ2) is 6.12. The Balaban J connectivity index is 1.89. The minimum Gasteiger partial charge on any atom is -0.320 e. The van der Waals surface area contributed by atoms with Crippen LogP contribution >= 0.6 is 0 Å². The van der Waals surface area contributed by atoms with Crippen molar-refractivity contribution in [3.63, 3.8) is 0 Å². The summed E-state index contributed by atoms with van der Waals surface area (Å²) in [7, 11) is 2.09. The number of nitrogens with zero attached hydrogens (tertiary/aromatic N) is 2. The minimum atomic E-state index is -0.237. The zero-order valence-corrected chi connectivity index (χ0v) is 14.4. The van der Waals surface area contributed by atoms with E-state index in [1.807, 2.05) is 13.0 Å². The molecule has 2 heterocycles. The van der Waals surface area contributed by atoms with Crippen LogP contribution in [-0.4, -0.2) is 23.1 Å². The molecule has 0 amide bonds. The Morgan fingerprint density at radius 2 is 1.76 bits per heavy atom. The lowest BCUT2D eigenvalue weighted by Gasteiger charge is -2.23. The van der Waals surface area contributed by atoms with Gasteiger partial charge in [0.1, 0.15) is 11.6 Å². The lowest BCUT2D eigenvalue weighted by atomic mass is 10.0. The van der Waals surface area contributed by atoms with E-state index in [0.717, 1.165) is 41.5 Å². The summed E-state index contributed by atoms with van der Waals surface area (Å²) in [5, 5.41) is 0.977. The Morgan fingerprint density at radius 3 is 2.52 bits per heavy atom. The fraction of sp³-hybridized carbons (Fsp3) is 0.238. The number of aromatic nitrogens is 1. The Labute approximate surface area is 146 Å². The molecule has 0 bridgehead atoms. The largest absolute Gasteiger partial charge is 0.320 e. The van der Waals surface area contributed by atoms with Gasteiger partial charge in [-0.2, -0.15) is 0 Å². The summed E-state index contributed by atoms with van der Waals surface area (Å²) >= 11 is 0. The zero-order valence-electron chi connectivity index (χ0n) is 14.4. The van der Waals surface area contributed by atoms with E-state index in [0.29, 0.717) is 0 Å². The van der Waals surface area contributed by atoms with E-state index in [1.165, 1.54) is 29.5 Å². The maximum Gasteiger partial charge on any atom is 0.123 e. The molecule has 0 saturated carbocycles.